The third-order valence-electron chi connectivity index (χ3n) is 4.61. The van der Waals surface area contributed by atoms with Crippen LogP contribution >= 0.6 is 15.9 Å². The molecular formula is C22H21BrN2O2. The second kappa shape index (κ2) is 7.92. The second-order valence-electron chi connectivity index (χ2n) is 6.69. The van der Waals surface area contributed by atoms with Gasteiger partial charge in [-0.1, -0.05) is 34.1 Å². The number of aromatic nitrogens is 1. The minimum Gasteiger partial charge on any atom is -0.340 e. The van der Waals surface area contributed by atoms with Crippen LogP contribution in [0.25, 0.3) is 0 Å². The van der Waals surface area contributed by atoms with E-state index >= 15 is 0 Å². The van der Waals surface area contributed by atoms with Crippen molar-refractivity contribution in [2.75, 3.05) is 5.32 Å². The Bertz CT molecular complexity index is 1020. The van der Waals surface area contributed by atoms with E-state index in [1.54, 1.807) is 22.8 Å². The Morgan fingerprint density at radius 1 is 0.963 bits per heavy atom. The SMILES string of the molecule is Cc1ccc(Cn2cccc2C(=O)C(=O)Nc2ccc(Br)c(C)c2)cc1C. The summed E-state index contributed by atoms with van der Waals surface area (Å²) in [5.41, 5.74) is 5.48. The zero-order valence-corrected chi connectivity index (χ0v) is 17.1. The van der Waals surface area contributed by atoms with Gasteiger partial charge in [0.1, 0.15) is 0 Å². The van der Waals surface area contributed by atoms with Crippen LogP contribution in [0, 0.1) is 20.8 Å². The van der Waals surface area contributed by atoms with Crippen LogP contribution in [0.5, 0.6) is 0 Å². The maximum atomic E-state index is 12.7. The molecule has 0 aliphatic carbocycles. The van der Waals surface area contributed by atoms with Gasteiger partial charge in [0.2, 0.25) is 0 Å². The Hall–Kier alpha value is -2.66. The van der Waals surface area contributed by atoms with Gasteiger partial charge in [0, 0.05) is 22.9 Å². The fourth-order valence-corrected chi connectivity index (χ4v) is 3.13. The predicted molar refractivity (Wildman–Crippen MR) is 111 cm³/mol. The van der Waals surface area contributed by atoms with Crippen LogP contribution < -0.4 is 5.32 Å². The van der Waals surface area contributed by atoms with Crippen LogP contribution in [0.3, 0.4) is 0 Å². The molecule has 1 aromatic heterocycles. The number of carbonyl (C=O) groups excluding carboxylic acids is 2. The van der Waals surface area contributed by atoms with E-state index in [2.05, 4.69) is 47.2 Å². The number of halogens is 1. The summed E-state index contributed by atoms with van der Waals surface area (Å²) in [5.74, 6) is -1.19. The molecule has 1 heterocycles. The summed E-state index contributed by atoms with van der Waals surface area (Å²) in [4.78, 5) is 25.1. The molecule has 3 rings (SSSR count). The van der Waals surface area contributed by atoms with Gasteiger partial charge in [-0.15, -0.1) is 0 Å². The quantitative estimate of drug-likeness (QED) is 0.460. The molecule has 27 heavy (non-hydrogen) atoms. The monoisotopic (exact) mass is 424 g/mol. The van der Waals surface area contributed by atoms with Crippen LogP contribution in [0.4, 0.5) is 5.69 Å². The largest absolute Gasteiger partial charge is 0.340 e. The van der Waals surface area contributed by atoms with Crippen molar-refractivity contribution < 1.29 is 9.59 Å². The number of aryl methyl sites for hydroxylation is 3. The lowest BCUT2D eigenvalue weighted by Gasteiger charge is -2.11. The summed E-state index contributed by atoms with van der Waals surface area (Å²) >= 11 is 3.42. The molecule has 4 nitrogen and oxygen atoms in total. The van der Waals surface area contributed by atoms with E-state index in [0.29, 0.717) is 17.9 Å². The lowest BCUT2D eigenvalue weighted by atomic mass is 10.1. The first kappa shape index (κ1) is 19.1. The van der Waals surface area contributed by atoms with Gasteiger partial charge >= 0.3 is 0 Å². The minimum atomic E-state index is -0.642. The molecule has 0 radical (unpaired) electrons. The zero-order chi connectivity index (χ0) is 19.6. The first-order chi connectivity index (χ1) is 12.8. The van der Waals surface area contributed by atoms with Gasteiger partial charge < -0.3 is 9.88 Å². The molecule has 3 aromatic rings. The fourth-order valence-electron chi connectivity index (χ4n) is 2.88. The van der Waals surface area contributed by atoms with E-state index in [9.17, 15) is 9.59 Å². The number of benzene rings is 2. The first-order valence-electron chi connectivity index (χ1n) is 8.68. The second-order valence-corrected chi connectivity index (χ2v) is 7.54. The standard InChI is InChI=1S/C22H21BrN2O2/c1-14-6-7-17(11-15(14)2)13-25-10-4-5-20(25)21(26)22(27)24-18-8-9-19(23)16(3)12-18/h4-12H,13H2,1-3H3,(H,24,27). The van der Waals surface area contributed by atoms with E-state index in [1.165, 1.54) is 11.1 Å². The highest BCUT2D eigenvalue weighted by atomic mass is 79.9. The summed E-state index contributed by atoms with van der Waals surface area (Å²) < 4.78 is 2.76. The Labute approximate surface area is 167 Å². The molecule has 5 heteroatoms. The molecular weight excluding hydrogens is 404 g/mol. The van der Waals surface area contributed by atoms with E-state index < -0.39 is 11.7 Å². The van der Waals surface area contributed by atoms with Crippen LogP contribution in [0.2, 0.25) is 0 Å². The summed E-state index contributed by atoms with van der Waals surface area (Å²) in [5, 5.41) is 2.68. The van der Waals surface area contributed by atoms with E-state index in [1.807, 2.05) is 31.3 Å². The average Bonchev–Trinajstić information content (AvgIpc) is 3.08. The number of anilines is 1. The van der Waals surface area contributed by atoms with Gasteiger partial charge in [-0.05, 0) is 73.4 Å². The topological polar surface area (TPSA) is 51.1 Å². The van der Waals surface area contributed by atoms with E-state index in [-0.39, 0.29) is 0 Å². The predicted octanol–water partition coefficient (Wildman–Crippen LogP) is 5.05. The van der Waals surface area contributed by atoms with E-state index in [4.69, 9.17) is 0 Å². The Morgan fingerprint density at radius 2 is 1.74 bits per heavy atom. The van der Waals surface area contributed by atoms with Crippen molar-refractivity contribution in [1.82, 2.24) is 4.57 Å². The first-order valence-corrected chi connectivity index (χ1v) is 9.47. The molecule has 2 aromatic carbocycles. The maximum Gasteiger partial charge on any atom is 0.298 e. The molecule has 0 unspecified atom stereocenters. The molecule has 0 spiro atoms. The summed E-state index contributed by atoms with van der Waals surface area (Å²) in [7, 11) is 0. The Balaban J connectivity index is 1.77. The molecule has 0 aliphatic heterocycles. The van der Waals surface area contributed by atoms with Crippen molar-refractivity contribution in [1.29, 1.82) is 0 Å². The van der Waals surface area contributed by atoms with E-state index in [0.717, 1.165) is 15.6 Å². The lowest BCUT2D eigenvalue weighted by Crippen LogP contribution is -2.25. The molecule has 0 atom stereocenters. The van der Waals surface area contributed by atoms with Gasteiger partial charge in [0.05, 0.1) is 5.69 Å². The third kappa shape index (κ3) is 4.37. The number of nitrogens with zero attached hydrogens (tertiary/aromatic N) is 1. The number of ketones is 1. The highest BCUT2D eigenvalue weighted by molar-refractivity contribution is 9.10. The molecule has 0 fully saturated rings. The lowest BCUT2D eigenvalue weighted by molar-refractivity contribution is -0.112. The van der Waals surface area contributed by atoms with Gasteiger partial charge in [0.25, 0.3) is 11.7 Å². The number of hydrogen-bond donors (Lipinski definition) is 1. The van der Waals surface area contributed by atoms with Crippen molar-refractivity contribution in [3.63, 3.8) is 0 Å². The fraction of sp³-hybridized carbons (Fsp3) is 0.182. The molecule has 1 amide bonds. The number of amides is 1. The molecule has 0 saturated heterocycles. The van der Waals surface area contributed by atoms with Crippen LogP contribution in [0.1, 0.15) is 32.7 Å². The third-order valence-corrected chi connectivity index (χ3v) is 5.50. The highest BCUT2D eigenvalue weighted by Gasteiger charge is 2.20. The number of Topliss-reactive ketones (excluding diaryl/α,β-unsaturated/α-hetero) is 1. The molecule has 0 bridgehead atoms. The Morgan fingerprint density at radius 3 is 2.44 bits per heavy atom. The van der Waals surface area contributed by atoms with Crippen LogP contribution in [-0.4, -0.2) is 16.3 Å². The number of nitrogens with one attached hydrogen (secondary N) is 1. The molecule has 0 aliphatic rings. The van der Waals surface area contributed by atoms with Crippen LogP contribution in [0.15, 0.2) is 59.2 Å². The van der Waals surface area contributed by atoms with Gasteiger partial charge in [-0.25, -0.2) is 0 Å². The van der Waals surface area contributed by atoms with Gasteiger partial charge in [-0.2, -0.15) is 0 Å². The summed E-state index contributed by atoms with van der Waals surface area (Å²) in [6, 6.07) is 15.1. The maximum absolute atomic E-state index is 12.7. The van der Waals surface area contributed by atoms with Gasteiger partial charge in [0.15, 0.2) is 0 Å². The summed E-state index contributed by atoms with van der Waals surface area (Å²) in [6.07, 6.45) is 1.82. The van der Waals surface area contributed by atoms with Crippen molar-refractivity contribution in [3.8, 4) is 0 Å². The van der Waals surface area contributed by atoms with Crippen molar-refractivity contribution in [2.45, 2.75) is 27.3 Å². The Kier molecular flexibility index (Phi) is 5.61. The molecule has 1 N–H and O–H groups in total. The van der Waals surface area contributed by atoms with Crippen molar-refractivity contribution in [3.05, 3.63) is 87.1 Å². The van der Waals surface area contributed by atoms with Gasteiger partial charge in [-0.3, -0.25) is 9.59 Å². The van der Waals surface area contributed by atoms with Crippen molar-refractivity contribution >= 4 is 33.3 Å². The normalized spacial score (nSPS) is 10.7. The molecule has 138 valence electrons. The summed E-state index contributed by atoms with van der Waals surface area (Å²) in [6.45, 7) is 6.60. The van der Waals surface area contributed by atoms with Crippen molar-refractivity contribution in [2.24, 2.45) is 0 Å². The average molecular weight is 425 g/mol. The van der Waals surface area contributed by atoms with Crippen LogP contribution in [-0.2, 0) is 11.3 Å². The number of rotatable bonds is 5. The smallest absolute Gasteiger partial charge is 0.298 e. The highest BCUT2D eigenvalue weighted by Crippen LogP contribution is 2.20. The minimum absolute atomic E-state index is 0.375. The molecule has 0 saturated carbocycles. The zero-order valence-electron chi connectivity index (χ0n) is 15.5. The number of carbonyl (C=O) groups is 2. The number of hydrogen-bond acceptors (Lipinski definition) is 2.